The quantitative estimate of drug-likeness (QED) is 0.0256. The summed E-state index contributed by atoms with van der Waals surface area (Å²) in [5.41, 5.74) is 15.9. The minimum atomic E-state index is -0.432. The Hall–Kier alpha value is -7.66. The zero-order chi connectivity index (χ0) is 62.1. The summed E-state index contributed by atoms with van der Waals surface area (Å²) in [6, 6.07) is 31.2. The van der Waals surface area contributed by atoms with Crippen LogP contribution in [-0.2, 0) is 53.5 Å². The van der Waals surface area contributed by atoms with E-state index in [1.807, 2.05) is 81.6 Å². The van der Waals surface area contributed by atoms with Crippen molar-refractivity contribution >= 4 is 46.2 Å². The normalized spacial score (nSPS) is 18.2. The number of benzene rings is 5. The summed E-state index contributed by atoms with van der Waals surface area (Å²) < 4.78 is 14.4. The van der Waals surface area contributed by atoms with E-state index in [2.05, 4.69) is 104 Å². The van der Waals surface area contributed by atoms with Crippen LogP contribution in [0.2, 0.25) is 0 Å². The van der Waals surface area contributed by atoms with Gasteiger partial charge in [0.05, 0.1) is 44.2 Å². The van der Waals surface area contributed by atoms with Crippen molar-refractivity contribution in [3.8, 4) is 11.8 Å². The van der Waals surface area contributed by atoms with Crippen LogP contribution in [-0.4, -0.2) is 112 Å². The molecule has 11 rings (SSSR count). The van der Waals surface area contributed by atoms with Crippen molar-refractivity contribution in [1.29, 1.82) is 0 Å². The zero-order valence-corrected chi connectivity index (χ0v) is 53.4. The van der Waals surface area contributed by atoms with Gasteiger partial charge in [0.2, 0.25) is 17.2 Å². The van der Waals surface area contributed by atoms with E-state index in [0.717, 1.165) is 85.3 Å². The molecule has 1 saturated carbocycles. The summed E-state index contributed by atoms with van der Waals surface area (Å²) in [7, 11) is 1.85. The van der Waals surface area contributed by atoms with E-state index in [9.17, 15) is 24.0 Å². The van der Waals surface area contributed by atoms with Gasteiger partial charge in [0.15, 0.2) is 17.1 Å². The number of para-hydroxylation sites is 1. The van der Waals surface area contributed by atoms with Gasteiger partial charge in [-0.1, -0.05) is 95.0 Å². The lowest BCUT2D eigenvalue weighted by atomic mass is 9.64. The van der Waals surface area contributed by atoms with Crippen LogP contribution >= 0.6 is 0 Å². The van der Waals surface area contributed by atoms with Gasteiger partial charge in [0.25, 0.3) is 5.91 Å². The van der Waals surface area contributed by atoms with Gasteiger partial charge in [0, 0.05) is 123 Å². The number of hydrogen-bond acceptors (Lipinski definition) is 9. The maximum absolute atomic E-state index is 14.9. The van der Waals surface area contributed by atoms with Gasteiger partial charge in [-0.2, -0.15) is 0 Å². The second-order valence-electron chi connectivity index (χ2n) is 27.1. The predicted octanol–water partition coefficient (Wildman–Crippen LogP) is 9.60. The highest BCUT2D eigenvalue weighted by atomic mass is 16.5. The Morgan fingerprint density at radius 2 is 1.44 bits per heavy atom. The summed E-state index contributed by atoms with van der Waals surface area (Å²) in [5, 5.41) is 8.86. The fourth-order valence-electron chi connectivity index (χ4n) is 15.3. The van der Waals surface area contributed by atoms with Gasteiger partial charge in [-0.25, -0.2) is 4.58 Å². The molecule has 0 aromatic heterocycles. The van der Waals surface area contributed by atoms with Crippen LogP contribution in [0.3, 0.4) is 0 Å². The summed E-state index contributed by atoms with van der Waals surface area (Å²) in [4.78, 5) is 75.3. The Morgan fingerprint density at radius 3 is 2.22 bits per heavy atom. The molecule has 0 bridgehead atoms. The van der Waals surface area contributed by atoms with Crippen molar-refractivity contribution in [3.63, 3.8) is 0 Å². The first kappa shape index (κ1) is 62.0. The van der Waals surface area contributed by atoms with Crippen molar-refractivity contribution in [2.24, 2.45) is 5.41 Å². The van der Waals surface area contributed by atoms with Gasteiger partial charge in [-0.05, 0) is 150 Å². The first-order valence-electron chi connectivity index (χ1n) is 32.3. The number of allylic oxidation sites excluding steroid dienone is 1. The number of aryl methyl sites for hydroxylation is 1. The zero-order valence-electron chi connectivity index (χ0n) is 53.4. The van der Waals surface area contributed by atoms with Crippen molar-refractivity contribution < 1.29 is 33.4 Å². The van der Waals surface area contributed by atoms with Crippen LogP contribution in [0.15, 0.2) is 102 Å². The molecule has 1 atom stereocenters. The molecule has 6 aliphatic rings. The van der Waals surface area contributed by atoms with E-state index in [1.54, 1.807) is 9.80 Å². The Kier molecular flexibility index (Phi) is 18.2. The molecule has 5 aromatic carbocycles. The Morgan fingerprint density at radius 1 is 0.750 bits per heavy atom. The number of fused-ring (bicyclic) bond motifs is 6. The van der Waals surface area contributed by atoms with Gasteiger partial charge < -0.3 is 34.8 Å². The predicted molar refractivity (Wildman–Crippen MR) is 348 cm³/mol. The monoisotopic (exact) mass is 1190 g/mol. The highest BCUT2D eigenvalue weighted by Gasteiger charge is 2.44. The van der Waals surface area contributed by atoms with Gasteiger partial charge in [-0.15, -0.1) is 0 Å². The third kappa shape index (κ3) is 12.5. The lowest BCUT2D eigenvalue weighted by Crippen LogP contribution is -2.53. The number of amides is 3. The molecular weight excluding hydrogens is 1100 g/mol. The fourth-order valence-corrected chi connectivity index (χ4v) is 15.3. The van der Waals surface area contributed by atoms with Crippen molar-refractivity contribution in [3.05, 3.63) is 174 Å². The van der Waals surface area contributed by atoms with E-state index in [1.165, 1.54) is 49.6 Å². The van der Waals surface area contributed by atoms with E-state index in [4.69, 9.17) is 9.47 Å². The van der Waals surface area contributed by atoms with Crippen molar-refractivity contribution in [2.45, 2.75) is 149 Å². The molecule has 0 radical (unpaired) electrons. The first-order chi connectivity index (χ1) is 42.3. The molecular formula is C75H89N6O7+. The van der Waals surface area contributed by atoms with Gasteiger partial charge >= 0.3 is 0 Å². The average molecular weight is 1190 g/mol. The average Bonchev–Trinajstić information content (AvgIpc) is 0.700. The molecule has 1 unspecified atom stereocenters. The minimum absolute atomic E-state index is 0.0239. The van der Waals surface area contributed by atoms with Gasteiger partial charge in [0.1, 0.15) is 6.54 Å². The summed E-state index contributed by atoms with van der Waals surface area (Å²) in [6.07, 6.45) is 7.11. The summed E-state index contributed by atoms with van der Waals surface area (Å²) in [6.45, 7) is 23.7. The highest BCUT2D eigenvalue weighted by Crippen LogP contribution is 2.49. The van der Waals surface area contributed by atoms with Crippen molar-refractivity contribution in [1.82, 2.24) is 20.1 Å². The number of hydrogen-bond donors (Lipinski definition) is 2. The number of nitrogens with one attached hydrogen (secondary N) is 2. The summed E-state index contributed by atoms with van der Waals surface area (Å²) >= 11 is 0. The van der Waals surface area contributed by atoms with Crippen molar-refractivity contribution in [2.75, 3.05) is 82.5 Å². The molecule has 1 fully saturated rings. The second kappa shape index (κ2) is 25.8. The molecule has 4 aliphatic heterocycles. The molecule has 5 aromatic rings. The van der Waals surface area contributed by atoms with E-state index < -0.39 is 5.41 Å². The van der Waals surface area contributed by atoms with Crippen LogP contribution < -0.4 is 35.6 Å². The Balaban J connectivity index is 0.689. The SMILES string of the molecule is CC[N+]1=c2cc3c(cc2C(C)CC1(C)C)=C(c1ccccc1C(=O)N(C)CCCC(=O)NCCOCCOCCC(NCCC(=O)N1Cc2ccccc2C#Cc2ccccc21)=C1C(=O)CC(C)(C)CC1=O)c1cc2c4c(c1C3(C)C)CCCN4CCC2. The number of nitrogens with zero attached hydrogens (tertiary/aromatic N) is 4. The number of anilines is 2. The van der Waals surface area contributed by atoms with E-state index in [-0.39, 0.29) is 111 Å². The smallest absolute Gasteiger partial charge is 0.254 e. The maximum atomic E-state index is 14.9. The number of carbonyl (C=O) groups is 5. The molecule has 2 aliphatic carbocycles. The van der Waals surface area contributed by atoms with Crippen LogP contribution in [0.1, 0.15) is 185 Å². The van der Waals surface area contributed by atoms with Crippen LogP contribution in [0.4, 0.5) is 11.4 Å². The Labute approximate surface area is 520 Å². The lowest BCUT2D eigenvalue weighted by Gasteiger charge is -2.44. The minimum Gasteiger partial charge on any atom is -0.387 e. The topological polar surface area (TPSA) is 141 Å². The van der Waals surface area contributed by atoms with Gasteiger partial charge in [-0.3, -0.25) is 24.0 Å². The number of rotatable bonds is 20. The molecule has 0 spiro atoms. The lowest BCUT2D eigenvalue weighted by molar-refractivity contribution is -0.127. The molecule has 13 heteroatoms. The molecule has 88 heavy (non-hydrogen) atoms. The molecule has 13 nitrogen and oxygen atoms in total. The maximum Gasteiger partial charge on any atom is 0.254 e. The number of ketones is 2. The number of Topliss-reactive ketones (excluding diaryl/α,β-unsaturated/α-hetero) is 2. The molecule has 3 amide bonds. The third-order valence-corrected chi connectivity index (χ3v) is 19.3. The molecule has 2 N–H and O–H groups in total. The van der Waals surface area contributed by atoms with E-state index >= 15 is 0 Å². The number of ether oxygens (including phenoxy) is 2. The first-order valence-corrected chi connectivity index (χ1v) is 32.3. The highest BCUT2D eigenvalue weighted by molar-refractivity contribution is 6.22. The fraction of sp³-hybridized carbons (Fsp3) is 0.467. The second-order valence-corrected chi connectivity index (χ2v) is 27.1. The third-order valence-electron chi connectivity index (χ3n) is 19.3. The van der Waals surface area contributed by atoms with Crippen LogP contribution in [0.25, 0.3) is 5.57 Å². The Bertz CT molecular complexity index is 3820. The van der Waals surface area contributed by atoms with Crippen LogP contribution in [0, 0.1) is 17.3 Å². The largest absolute Gasteiger partial charge is 0.387 e. The van der Waals surface area contributed by atoms with Crippen LogP contribution in [0.5, 0.6) is 0 Å². The molecule has 0 saturated heterocycles. The number of carbonyl (C=O) groups excluding carboxylic acids is 5. The molecule has 460 valence electrons. The standard InChI is InChI=1S/C75H88N6O7/c1-10-81-63-44-60-58(43-57(63)49(2)45-74(81,5)6)68(59-42-52-23-17-36-79-37-18-26-56(71(52)79)70(59)75(60,7)8)54-24-14-15-25-55(54)72(86)78(9)35-19-28-66(84)77-34-39-88-41-40-87-38-32-61(69-64(82)46-73(3,4)47-65(69)83)76-33-31-67(85)80-48-53-22-12-11-20-50(53)29-30-51-21-13-16-27-62(51)80/h11-16,20-22,24-25,27,42-44,49H,10,17-19,23,26,28,31-41,45-48H2,1-9H3,(H-,76,77,82,83,84)/p+1. The summed E-state index contributed by atoms with van der Waals surface area (Å²) in [5.74, 6) is 6.18. The van der Waals surface area contributed by atoms with E-state index in [0.29, 0.717) is 43.2 Å². The molecule has 4 heterocycles.